The van der Waals surface area contributed by atoms with Crippen LogP contribution in [-0.4, -0.2) is 15.7 Å². The third kappa shape index (κ3) is 3.60. The molecule has 0 radical (unpaired) electrons. The lowest BCUT2D eigenvalue weighted by Crippen LogP contribution is -2.18. The number of anilines is 1. The van der Waals surface area contributed by atoms with Crippen LogP contribution in [-0.2, 0) is 11.3 Å². The third-order valence-electron chi connectivity index (χ3n) is 3.08. The van der Waals surface area contributed by atoms with E-state index in [1.807, 2.05) is 0 Å². The van der Waals surface area contributed by atoms with E-state index in [1.165, 1.54) is 21.4 Å². The Balaban J connectivity index is 2.08. The SMILES string of the molecule is Cc1cc(C)cc(C(C)Nc2cnn(CC(N)=O)c2)c1. The van der Waals surface area contributed by atoms with Crippen LogP contribution in [0.1, 0.15) is 29.7 Å². The zero-order chi connectivity index (χ0) is 14.7. The molecule has 1 aromatic heterocycles. The molecule has 2 rings (SSSR count). The average Bonchev–Trinajstić information content (AvgIpc) is 2.74. The fourth-order valence-electron chi connectivity index (χ4n) is 2.28. The summed E-state index contributed by atoms with van der Waals surface area (Å²) in [6, 6.07) is 6.65. The number of hydrogen-bond acceptors (Lipinski definition) is 3. The minimum atomic E-state index is -0.401. The summed E-state index contributed by atoms with van der Waals surface area (Å²) in [7, 11) is 0. The molecule has 1 amide bonds. The van der Waals surface area contributed by atoms with E-state index in [1.54, 1.807) is 12.4 Å². The summed E-state index contributed by atoms with van der Waals surface area (Å²) in [6.07, 6.45) is 3.48. The van der Waals surface area contributed by atoms with Crippen LogP contribution in [0.5, 0.6) is 0 Å². The van der Waals surface area contributed by atoms with Crippen molar-refractivity contribution in [2.24, 2.45) is 5.73 Å². The molecule has 5 nitrogen and oxygen atoms in total. The Morgan fingerprint density at radius 2 is 2.00 bits per heavy atom. The Bertz CT molecular complexity index is 598. The lowest BCUT2D eigenvalue weighted by atomic mass is 10.0. The Labute approximate surface area is 118 Å². The summed E-state index contributed by atoms with van der Waals surface area (Å²) in [5.74, 6) is -0.401. The zero-order valence-corrected chi connectivity index (χ0v) is 12.1. The van der Waals surface area contributed by atoms with Gasteiger partial charge in [-0.3, -0.25) is 9.48 Å². The van der Waals surface area contributed by atoms with Crippen molar-refractivity contribution in [3.63, 3.8) is 0 Å². The number of hydrogen-bond donors (Lipinski definition) is 2. The molecule has 0 spiro atoms. The Kier molecular flexibility index (Phi) is 4.08. The molecule has 0 saturated carbocycles. The molecule has 0 aliphatic heterocycles. The van der Waals surface area contributed by atoms with Gasteiger partial charge in [0.1, 0.15) is 6.54 Å². The van der Waals surface area contributed by atoms with Gasteiger partial charge in [-0.15, -0.1) is 0 Å². The highest BCUT2D eigenvalue weighted by molar-refractivity contribution is 5.73. The largest absolute Gasteiger partial charge is 0.376 e. The van der Waals surface area contributed by atoms with Crippen molar-refractivity contribution in [3.8, 4) is 0 Å². The standard InChI is InChI=1S/C15H20N4O/c1-10-4-11(2)6-13(5-10)12(3)18-14-7-17-19(8-14)9-15(16)20/h4-8,12,18H,9H2,1-3H3,(H2,16,20). The molecule has 3 N–H and O–H groups in total. The summed E-state index contributed by atoms with van der Waals surface area (Å²) >= 11 is 0. The van der Waals surface area contributed by atoms with E-state index in [0.29, 0.717) is 0 Å². The van der Waals surface area contributed by atoms with E-state index in [-0.39, 0.29) is 12.6 Å². The number of nitrogens with two attached hydrogens (primary N) is 1. The van der Waals surface area contributed by atoms with E-state index < -0.39 is 5.91 Å². The molecule has 1 atom stereocenters. The predicted octanol–water partition coefficient (Wildman–Crippen LogP) is 2.16. The number of benzene rings is 1. The Hall–Kier alpha value is -2.30. The smallest absolute Gasteiger partial charge is 0.239 e. The highest BCUT2D eigenvalue weighted by Gasteiger charge is 2.08. The number of nitrogens with one attached hydrogen (secondary N) is 1. The van der Waals surface area contributed by atoms with Crippen LogP contribution in [0.4, 0.5) is 5.69 Å². The van der Waals surface area contributed by atoms with Crippen molar-refractivity contribution in [3.05, 3.63) is 47.3 Å². The van der Waals surface area contributed by atoms with Gasteiger partial charge in [-0.05, 0) is 26.3 Å². The van der Waals surface area contributed by atoms with Gasteiger partial charge in [0.2, 0.25) is 5.91 Å². The van der Waals surface area contributed by atoms with Gasteiger partial charge in [-0.25, -0.2) is 0 Å². The number of carbonyl (C=O) groups excluding carboxylic acids is 1. The lowest BCUT2D eigenvalue weighted by Gasteiger charge is -2.15. The maximum atomic E-state index is 10.8. The van der Waals surface area contributed by atoms with Crippen LogP contribution in [0.3, 0.4) is 0 Å². The van der Waals surface area contributed by atoms with Crippen molar-refractivity contribution in [1.29, 1.82) is 0 Å². The molecule has 0 aliphatic carbocycles. The van der Waals surface area contributed by atoms with Crippen molar-refractivity contribution < 1.29 is 4.79 Å². The van der Waals surface area contributed by atoms with Crippen molar-refractivity contribution >= 4 is 11.6 Å². The van der Waals surface area contributed by atoms with E-state index in [4.69, 9.17) is 5.73 Å². The second kappa shape index (κ2) is 5.77. The van der Waals surface area contributed by atoms with Crippen molar-refractivity contribution in [1.82, 2.24) is 9.78 Å². The van der Waals surface area contributed by atoms with Gasteiger partial charge in [-0.2, -0.15) is 5.10 Å². The molecular weight excluding hydrogens is 252 g/mol. The van der Waals surface area contributed by atoms with Crippen LogP contribution >= 0.6 is 0 Å². The summed E-state index contributed by atoms with van der Waals surface area (Å²) in [4.78, 5) is 10.8. The first-order chi connectivity index (χ1) is 9.44. The van der Waals surface area contributed by atoms with E-state index in [9.17, 15) is 4.79 Å². The predicted molar refractivity (Wildman–Crippen MR) is 79.4 cm³/mol. The minimum Gasteiger partial charge on any atom is -0.376 e. The van der Waals surface area contributed by atoms with Gasteiger partial charge >= 0.3 is 0 Å². The Morgan fingerprint density at radius 1 is 1.35 bits per heavy atom. The molecular formula is C15H20N4O. The summed E-state index contributed by atoms with van der Waals surface area (Å²) in [6.45, 7) is 6.38. The highest BCUT2D eigenvalue weighted by atomic mass is 16.1. The third-order valence-corrected chi connectivity index (χ3v) is 3.08. The monoisotopic (exact) mass is 272 g/mol. The molecule has 0 bridgehead atoms. The molecule has 20 heavy (non-hydrogen) atoms. The molecule has 0 fully saturated rings. The number of aromatic nitrogens is 2. The van der Waals surface area contributed by atoms with Gasteiger partial charge in [0.25, 0.3) is 0 Å². The van der Waals surface area contributed by atoms with Gasteiger partial charge in [0.05, 0.1) is 11.9 Å². The average molecular weight is 272 g/mol. The normalized spacial score (nSPS) is 12.2. The molecule has 106 valence electrons. The van der Waals surface area contributed by atoms with E-state index >= 15 is 0 Å². The quantitative estimate of drug-likeness (QED) is 0.876. The van der Waals surface area contributed by atoms with E-state index in [0.717, 1.165) is 5.69 Å². The maximum Gasteiger partial charge on any atom is 0.239 e. The van der Waals surface area contributed by atoms with Crippen LogP contribution in [0.2, 0.25) is 0 Å². The van der Waals surface area contributed by atoms with Gasteiger partial charge in [0, 0.05) is 12.2 Å². The van der Waals surface area contributed by atoms with Crippen LogP contribution < -0.4 is 11.1 Å². The number of rotatable bonds is 5. The second-order valence-corrected chi connectivity index (χ2v) is 5.18. The van der Waals surface area contributed by atoms with Gasteiger partial charge in [-0.1, -0.05) is 29.3 Å². The molecule has 1 unspecified atom stereocenters. The van der Waals surface area contributed by atoms with Crippen molar-refractivity contribution in [2.45, 2.75) is 33.4 Å². The topological polar surface area (TPSA) is 72.9 Å². The molecule has 0 saturated heterocycles. The summed E-state index contributed by atoms with van der Waals surface area (Å²) in [5, 5.41) is 7.46. The fraction of sp³-hybridized carbons (Fsp3) is 0.333. The van der Waals surface area contributed by atoms with Crippen molar-refractivity contribution in [2.75, 3.05) is 5.32 Å². The fourth-order valence-corrected chi connectivity index (χ4v) is 2.28. The first-order valence-corrected chi connectivity index (χ1v) is 6.59. The number of nitrogens with zero attached hydrogens (tertiary/aromatic N) is 2. The zero-order valence-electron chi connectivity index (χ0n) is 12.1. The molecule has 1 aromatic carbocycles. The van der Waals surface area contributed by atoms with Crippen LogP contribution in [0.15, 0.2) is 30.6 Å². The van der Waals surface area contributed by atoms with E-state index in [2.05, 4.69) is 49.4 Å². The summed E-state index contributed by atoms with van der Waals surface area (Å²) < 4.78 is 1.53. The van der Waals surface area contributed by atoms with Gasteiger partial charge < -0.3 is 11.1 Å². The lowest BCUT2D eigenvalue weighted by molar-refractivity contribution is -0.118. The number of amides is 1. The molecule has 1 heterocycles. The van der Waals surface area contributed by atoms with Crippen LogP contribution in [0, 0.1) is 13.8 Å². The Morgan fingerprint density at radius 3 is 2.60 bits per heavy atom. The van der Waals surface area contributed by atoms with Gasteiger partial charge in [0.15, 0.2) is 0 Å². The summed E-state index contributed by atoms with van der Waals surface area (Å²) in [5.41, 5.74) is 9.74. The first kappa shape index (κ1) is 14.1. The van der Waals surface area contributed by atoms with Crippen LogP contribution in [0.25, 0.3) is 0 Å². The second-order valence-electron chi connectivity index (χ2n) is 5.18. The molecule has 0 aliphatic rings. The molecule has 5 heteroatoms. The number of primary amides is 1. The number of aryl methyl sites for hydroxylation is 2. The molecule has 2 aromatic rings. The minimum absolute atomic E-state index is 0.0968. The highest BCUT2D eigenvalue weighted by Crippen LogP contribution is 2.21. The maximum absolute atomic E-state index is 10.8. The number of carbonyl (C=O) groups is 1. The first-order valence-electron chi connectivity index (χ1n) is 6.59.